The van der Waals surface area contributed by atoms with Gasteiger partial charge in [0.1, 0.15) is 0 Å². The van der Waals surface area contributed by atoms with Crippen LogP contribution in [0.25, 0.3) is 66.8 Å². The fourth-order valence-corrected chi connectivity index (χ4v) is 12.8. The number of carbonyl (C=O) groups excluding carboxylic acids is 1. The first-order valence-electron chi connectivity index (χ1n) is 35.1. The molecule has 15 aromatic rings. The van der Waals surface area contributed by atoms with Crippen LogP contribution in [0.4, 0.5) is 62.6 Å². The van der Waals surface area contributed by atoms with Crippen LogP contribution < -0.4 is 76.7 Å². The van der Waals surface area contributed by atoms with Crippen molar-refractivity contribution >= 4 is 84.4 Å². The summed E-state index contributed by atoms with van der Waals surface area (Å²) in [5.41, 5.74) is 30.2. The van der Waals surface area contributed by atoms with Crippen LogP contribution in [0.1, 0.15) is 20.8 Å². The van der Waals surface area contributed by atoms with Gasteiger partial charge in [-0.25, -0.2) is 0 Å². The molecule has 0 bridgehead atoms. The summed E-state index contributed by atoms with van der Waals surface area (Å²) in [6, 6.07) is 140. The molecule has 107 heavy (non-hydrogen) atoms. The van der Waals surface area contributed by atoms with Crippen molar-refractivity contribution in [3.63, 3.8) is 0 Å². The first-order valence-corrected chi connectivity index (χ1v) is 35.9. The summed E-state index contributed by atoms with van der Waals surface area (Å²) in [6.07, 6.45) is -0.667. The minimum Gasteiger partial charge on any atom is -0.870 e. The van der Waals surface area contributed by atoms with E-state index in [0.29, 0.717) is 0 Å². The van der Waals surface area contributed by atoms with Gasteiger partial charge in [0.2, 0.25) is 5.91 Å². The van der Waals surface area contributed by atoms with Crippen molar-refractivity contribution < 1.29 is 71.9 Å². The number of hydrogen-bond donors (Lipinski definition) is 3. The standard InChI is InChI=1S/C62H47N3O.C30H22BrN.C2H7NO.C2H6O.K.H2O/c1-46(66)63(59-38-30-51(31-39-59)47-22-26-49(27-23-47)53-34-42-61(43-35-53)64(55-14-6-2-7-15-55)56-16-8-3-9-17-56)60-40-32-52(33-41-60)48-24-28-50(29-25-48)54-36-44-62(45-37-54)65(57-18-10-4-11-19-57)58-20-12-5-13-21-58;31-27-19-15-25(16-20-27)23-11-13-24(14-12-23)26-17-21-30(22-18-26)32(28-7-3-1-4-8-28)29-9-5-2-6-10-29;1-2(3)4;1-2-3;;/h2-45H,1H3;1-22H;2,4H,3H2,1H3;3H,2H2,1H3;;1H2/q;;;;+1;/p-1. The molecule has 0 spiro atoms. The maximum Gasteiger partial charge on any atom is 1.00 e. The number of nitrogens with zero attached hydrogens (tertiary/aromatic N) is 4. The van der Waals surface area contributed by atoms with Gasteiger partial charge in [0.05, 0.1) is 6.23 Å². The van der Waals surface area contributed by atoms with Gasteiger partial charge in [-0.05, 0) is 226 Å². The van der Waals surface area contributed by atoms with Crippen LogP contribution in [0.3, 0.4) is 0 Å². The molecule has 5 N–H and O–H groups in total. The Morgan fingerprint density at radius 2 is 0.411 bits per heavy atom. The molecule has 0 radical (unpaired) electrons. The Labute approximate surface area is 680 Å². The van der Waals surface area contributed by atoms with Gasteiger partial charge in [-0.3, -0.25) is 9.69 Å². The van der Waals surface area contributed by atoms with Crippen molar-refractivity contribution in [2.75, 3.05) is 26.2 Å². The van der Waals surface area contributed by atoms with E-state index in [9.17, 15) is 4.79 Å². The minimum atomic E-state index is -0.667. The Morgan fingerprint density at radius 3 is 0.561 bits per heavy atom. The molecule has 11 heteroatoms. The predicted octanol–water partition coefficient (Wildman–Crippen LogP) is 22.3. The number of para-hydroxylation sites is 6. The number of rotatable bonds is 17. The first-order chi connectivity index (χ1) is 51.5. The van der Waals surface area contributed by atoms with Gasteiger partial charge in [-0.2, -0.15) is 0 Å². The van der Waals surface area contributed by atoms with Gasteiger partial charge in [0.15, 0.2) is 0 Å². The largest absolute Gasteiger partial charge is 1.00 e. The molecule has 0 heterocycles. The summed E-state index contributed by atoms with van der Waals surface area (Å²) in [5.74, 6) is -0.0486. The van der Waals surface area contributed by atoms with Gasteiger partial charge >= 0.3 is 51.4 Å². The zero-order valence-electron chi connectivity index (χ0n) is 60.4. The molecule has 0 fully saturated rings. The molecule has 0 aliphatic rings. The van der Waals surface area contributed by atoms with E-state index in [1.54, 1.807) is 18.7 Å². The smallest absolute Gasteiger partial charge is 0.870 e. The SMILES string of the molecule is Brc1ccc(-c2ccc(-c3ccc(N(c4ccccc4)c4ccccc4)cc3)cc2)cc1.CC(=O)N(c1ccc(-c2ccc(-c3ccc(N(c4ccccc4)c4ccccc4)cc3)cc2)cc1)c1ccc(-c2ccc(-c3ccc(N(c4ccccc4)c4ccccc4)cc3)cc2)cc1.CC(N)O.CCO.[K+].[OH-]. The third-order valence-electron chi connectivity index (χ3n) is 17.5. The molecule has 0 saturated heterocycles. The number of benzene rings is 15. The average Bonchev–Trinajstić information content (AvgIpc) is 0.860. The molecule has 1 amide bonds. The number of aliphatic hydroxyl groups excluding tert-OH is 2. The maximum atomic E-state index is 13.1. The minimum absolute atomic E-state index is 0. The van der Waals surface area contributed by atoms with Crippen LogP contribution in [0.2, 0.25) is 0 Å². The third kappa shape index (κ3) is 20.8. The van der Waals surface area contributed by atoms with Gasteiger partial charge in [-0.15, -0.1) is 0 Å². The molecule has 0 aliphatic heterocycles. The normalized spacial score (nSPS) is 10.6. The number of aliphatic hydroxyl groups is 2. The molecule has 1 unspecified atom stereocenters. The molecular weight excluding hydrogens is 1410 g/mol. The van der Waals surface area contributed by atoms with Gasteiger partial charge in [0.25, 0.3) is 0 Å². The quantitative estimate of drug-likeness (QED) is 0.0608. The molecule has 0 aliphatic carbocycles. The number of hydrogen-bond acceptors (Lipinski definition) is 8. The molecule has 9 nitrogen and oxygen atoms in total. The number of halogens is 1. The Balaban J connectivity index is 0.000000249. The third-order valence-corrected chi connectivity index (χ3v) is 18.1. The number of nitrogens with two attached hydrogens (primary N) is 1. The van der Waals surface area contributed by atoms with Crippen molar-refractivity contribution in [2.24, 2.45) is 5.73 Å². The predicted molar refractivity (Wildman–Crippen MR) is 447 cm³/mol. The van der Waals surface area contributed by atoms with E-state index < -0.39 is 6.23 Å². The van der Waals surface area contributed by atoms with Gasteiger partial charge in [0, 0.05) is 80.6 Å². The van der Waals surface area contributed by atoms with E-state index in [-0.39, 0.29) is 69.4 Å². The Bertz CT molecular complexity index is 4780. The number of amides is 1. The average molecular weight is 1490 g/mol. The first kappa shape index (κ1) is 78.7. The summed E-state index contributed by atoms with van der Waals surface area (Å²) < 4.78 is 1.10. The van der Waals surface area contributed by atoms with Crippen LogP contribution in [0.5, 0.6) is 0 Å². The van der Waals surface area contributed by atoms with E-state index in [4.69, 9.17) is 10.2 Å². The Morgan fingerprint density at radius 1 is 0.290 bits per heavy atom. The fraction of sp³-hybridized carbons (Fsp3) is 0.0521. The second-order valence-corrected chi connectivity index (χ2v) is 25.8. The van der Waals surface area contributed by atoms with E-state index in [1.165, 1.54) is 29.2 Å². The molecule has 0 aromatic heterocycles. The van der Waals surface area contributed by atoms with Crippen molar-refractivity contribution in [1.29, 1.82) is 0 Å². The summed E-state index contributed by atoms with van der Waals surface area (Å²) in [6.45, 7) is 5.04. The maximum absolute atomic E-state index is 13.1. The van der Waals surface area contributed by atoms with E-state index in [2.05, 4.69) is 376 Å². The zero-order valence-corrected chi connectivity index (χ0v) is 65.1. The van der Waals surface area contributed by atoms with E-state index in [0.717, 1.165) is 112 Å². The molecule has 524 valence electrons. The van der Waals surface area contributed by atoms with Crippen LogP contribution in [0.15, 0.2) is 405 Å². The molecule has 15 aromatic carbocycles. The summed E-state index contributed by atoms with van der Waals surface area (Å²) >= 11 is 3.50. The number of anilines is 11. The second-order valence-electron chi connectivity index (χ2n) is 24.9. The summed E-state index contributed by atoms with van der Waals surface area (Å²) in [7, 11) is 0. The molecule has 1 atom stereocenters. The van der Waals surface area contributed by atoms with Crippen LogP contribution in [0, 0.1) is 0 Å². The van der Waals surface area contributed by atoms with Gasteiger partial charge < -0.3 is 36.1 Å². The summed E-state index contributed by atoms with van der Waals surface area (Å²) in [4.78, 5) is 21.7. The topological polar surface area (TPSA) is 127 Å². The molecular formula is C96H83BrKN5O4. The second kappa shape index (κ2) is 39.5. The van der Waals surface area contributed by atoms with Gasteiger partial charge in [-0.1, -0.05) is 271 Å². The Kier molecular flexibility index (Phi) is 29.0. The Hall–Kier alpha value is -10.9. The van der Waals surface area contributed by atoms with Crippen LogP contribution in [-0.2, 0) is 4.79 Å². The monoisotopic (exact) mass is 1490 g/mol. The van der Waals surface area contributed by atoms with Crippen molar-refractivity contribution in [3.8, 4) is 66.8 Å². The van der Waals surface area contributed by atoms with Crippen molar-refractivity contribution in [1.82, 2.24) is 0 Å². The van der Waals surface area contributed by atoms with Crippen molar-refractivity contribution in [3.05, 3.63) is 405 Å². The molecule has 15 rings (SSSR count). The van der Waals surface area contributed by atoms with Crippen LogP contribution in [-0.4, -0.2) is 34.4 Å². The molecule has 0 saturated carbocycles. The number of carbonyl (C=O) groups is 1. The van der Waals surface area contributed by atoms with E-state index >= 15 is 0 Å². The zero-order chi connectivity index (χ0) is 72.7. The van der Waals surface area contributed by atoms with Crippen LogP contribution >= 0.6 is 15.9 Å². The summed E-state index contributed by atoms with van der Waals surface area (Å²) in [5, 5.41) is 15.4. The fourth-order valence-electron chi connectivity index (χ4n) is 12.5. The van der Waals surface area contributed by atoms with E-state index in [1.807, 2.05) is 60.7 Å². The van der Waals surface area contributed by atoms with Crippen molar-refractivity contribution in [2.45, 2.75) is 27.0 Å².